The van der Waals surface area contributed by atoms with Crippen LogP contribution >= 0.6 is 0 Å². The van der Waals surface area contributed by atoms with Crippen molar-refractivity contribution in [2.24, 2.45) is 0 Å². The van der Waals surface area contributed by atoms with E-state index < -0.39 is 6.10 Å². The van der Waals surface area contributed by atoms with Crippen LogP contribution in [-0.2, 0) is 9.47 Å². The topological polar surface area (TPSA) is 57.2 Å². The van der Waals surface area contributed by atoms with E-state index in [-0.39, 0.29) is 6.10 Å². The molecule has 0 spiro atoms. The molecule has 1 aromatic rings. The van der Waals surface area contributed by atoms with Gasteiger partial charge in [-0.1, -0.05) is 12.1 Å². The lowest BCUT2D eigenvalue weighted by Gasteiger charge is -2.38. The number of morpholine rings is 1. The largest absolute Gasteiger partial charge is 0.486 e. The van der Waals surface area contributed by atoms with Crippen LogP contribution in [0.1, 0.15) is 0 Å². The van der Waals surface area contributed by atoms with Crippen molar-refractivity contribution >= 4 is 0 Å². The molecule has 0 aromatic heterocycles. The van der Waals surface area contributed by atoms with Crippen molar-refractivity contribution < 1.29 is 28.5 Å². The summed E-state index contributed by atoms with van der Waals surface area (Å²) in [5.74, 6) is 1.52. The highest BCUT2D eigenvalue weighted by Gasteiger charge is 2.28. The number of rotatable bonds is 6. The molecule has 6 nitrogen and oxygen atoms in total. The van der Waals surface area contributed by atoms with E-state index in [0.29, 0.717) is 26.4 Å². The van der Waals surface area contributed by atoms with E-state index >= 15 is 0 Å². The quantitative estimate of drug-likeness (QED) is 0.780. The smallest absolute Gasteiger partial charge is 0.161 e. The zero-order valence-electron chi connectivity index (χ0n) is 13.6. The van der Waals surface area contributed by atoms with Crippen LogP contribution in [0.25, 0.3) is 0 Å². The first-order valence-electron chi connectivity index (χ1n) is 8.20. The lowest BCUT2D eigenvalue weighted by molar-refractivity contribution is -0.919. The fourth-order valence-corrected chi connectivity index (χ4v) is 3.01. The van der Waals surface area contributed by atoms with Crippen molar-refractivity contribution in [3.05, 3.63) is 24.3 Å². The van der Waals surface area contributed by atoms with Gasteiger partial charge in [0.05, 0.1) is 33.5 Å². The Morgan fingerprint density at radius 2 is 2.00 bits per heavy atom. The van der Waals surface area contributed by atoms with Crippen molar-refractivity contribution in [2.45, 2.75) is 12.2 Å². The van der Waals surface area contributed by atoms with Gasteiger partial charge in [0.2, 0.25) is 0 Å². The normalized spacial score (nSPS) is 24.2. The Balaban J connectivity index is 1.38. The first-order valence-corrected chi connectivity index (χ1v) is 8.20. The standard InChI is InChI=1S/C17H26NO5/c1-18(6-8-20-9-7-18)10-14(19)11-21-12-15-13-22-16-4-2-3-5-17(16)23-15/h2-5,14-15,19H,6-13H2,1H3/q+1/t14-,15-/m0/s1. The summed E-state index contributed by atoms with van der Waals surface area (Å²) in [6.07, 6.45) is -0.611. The summed E-state index contributed by atoms with van der Waals surface area (Å²) in [5.41, 5.74) is 0. The number of para-hydroxylation sites is 2. The van der Waals surface area contributed by atoms with Gasteiger partial charge in [-0.05, 0) is 12.1 Å². The van der Waals surface area contributed by atoms with Gasteiger partial charge in [-0.15, -0.1) is 0 Å². The second-order valence-electron chi connectivity index (χ2n) is 6.55. The van der Waals surface area contributed by atoms with E-state index in [1.165, 1.54) is 0 Å². The van der Waals surface area contributed by atoms with Crippen LogP contribution < -0.4 is 9.47 Å². The average molecular weight is 324 g/mol. The maximum atomic E-state index is 10.2. The Morgan fingerprint density at radius 1 is 1.26 bits per heavy atom. The number of quaternary nitrogens is 1. The molecule has 1 fully saturated rings. The van der Waals surface area contributed by atoms with E-state index in [2.05, 4.69) is 7.05 Å². The van der Waals surface area contributed by atoms with Crippen LogP contribution in [0.2, 0.25) is 0 Å². The predicted molar refractivity (Wildman–Crippen MR) is 84.8 cm³/mol. The molecule has 2 heterocycles. The predicted octanol–water partition coefficient (Wildman–Crippen LogP) is 0.681. The van der Waals surface area contributed by atoms with Crippen LogP contribution in [0.4, 0.5) is 0 Å². The SMILES string of the molecule is C[N+]1(C[C@H](O)COC[C@H]2COc3ccccc3O2)CCOCC1. The molecule has 1 saturated heterocycles. The van der Waals surface area contributed by atoms with Gasteiger partial charge in [-0.2, -0.15) is 0 Å². The minimum atomic E-state index is -0.477. The lowest BCUT2D eigenvalue weighted by atomic mass is 10.2. The summed E-state index contributed by atoms with van der Waals surface area (Å²) in [6, 6.07) is 7.62. The Labute approximate surface area is 137 Å². The van der Waals surface area contributed by atoms with Crippen molar-refractivity contribution in [1.29, 1.82) is 0 Å². The molecule has 6 heteroatoms. The molecule has 0 bridgehead atoms. The van der Waals surface area contributed by atoms with E-state index in [4.69, 9.17) is 18.9 Å². The molecular formula is C17H26NO5+. The molecule has 2 aliphatic heterocycles. The van der Waals surface area contributed by atoms with E-state index in [9.17, 15) is 5.11 Å². The van der Waals surface area contributed by atoms with Crippen molar-refractivity contribution in [2.75, 3.05) is 59.7 Å². The number of aliphatic hydroxyl groups excluding tert-OH is 1. The van der Waals surface area contributed by atoms with Crippen LogP contribution in [0, 0.1) is 0 Å². The van der Waals surface area contributed by atoms with Gasteiger partial charge in [0.25, 0.3) is 0 Å². The van der Waals surface area contributed by atoms with E-state index in [1.807, 2.05) is 24.3 Å². The number of likely N-dealkylation sites (N-methyl/N-ethyl adjacent to an activating group) is 1. The Hall–Kier alpha value is -1.34. The second-order valence-corrected chi connectivity index (χ2v) is 6.55. The molecule has 0 unspecified atom stereocenters. The van der Waals surface area contributed by atoms with Gasteiger partial charge in [0.1, 0.15) is 32.3 Å². The van der Waals surface area contributed by atoms with Crippen LogP contribution in [0.3, 0.4) is 0 Å². The minimum absolute atomic E-state index is 0.134. The van der Waals surface area contributed by atoms with Crippen molar-refractivity contribution in [1.82, 2.24) is 0 Å². The molecule has 23 heavy (non-hydrogen) atoms. The fraction of sp³-hybridized carbons (Fsp3) is 0.647. The Bertz CT molecular complexity index is 504. The number of nitrogens with zero attached hydrogens (tertiary/aromatic N) is 1. The first-order chi connectivity index (χ1) is 11.1. The summed E-state index contributed by atoms with van der Waals surface area (Å²) in [7, 11) is 2.15. The minimum Gasteiger partial charge on any atom is -0.486 e. The summed E-state index contributed by atoms with van der Waals surface area (Å²) < 4.78 is 23.3. The molecule has 0 saturated carbocycles. The van der Waals surface area contributed by atoms with Crippen molar-refractivity contribution in [3.63, 3.8) is 0 Å². The summed E-state index contributed by atoms with van der Waals surface area (Å²) in [5, 5.41) is 10.2. The second kappa shape index (κ2) is 7.49. The number of ether oxygens (including phenoxy) is 4. The summed E-state index contributed by atoms with van der Waals surface area (Å²) >= 11 is 0. The average Bonchev–Trinajstić information content (AvgIpc) is 2.55. The molecule has 2 atom stereocenters. The highest BCUT2D eigenvalue weighted by atomic mass is 16.6. The maximum absolute atomic E-state index is 10.2. The van der Waals surface area contributed by atoms with Crippen molar-refractivity contribution in [3.8, 4) is 11.5 Å². The van der Waals surface area contributed by atoms with E-state index in [0.717, 1.165) is 42.3 Å². The van der Waals surface area contributed by atoms with Gasteiger partial charge in [-0.3, -0.25) is 0 Å². The summed E-state index contributed by atoms with van der Waals surface area (Å²) in [4.78, 5) is 0. The molecule has 2 aliphatic rings. The molecule has 0 radical (unpaired) electrons. The van der Waals surface area contributed by atoms with Crippen LogP contribution in [0.15, 0.2) is 24.3 Å². The van der Waals surface area contributed by atoms with Crippen LogP contribution in [0.5, 0.6) is 11.5 Å². The molecule has 1 aromatic carbocycles. The molecule has 0 amide bonds. The van der Waals surface area contributed by atoms with Gasteiger partial charge in [0, 0.05) is 0 Å². The van der Waals surface area contributed by atoms with Gasteiger partial charge in [-0.25, -0.2) is 0 Å². The summed E-state index contributed by atoms with van der Waals surface area (Å²) in [6.45, 7) is 5.29. The molecule has 1 N–H and O–H groups in total. The third kappa shape index (κ3) is 4.57. The fourth-order valence-electron chi connectivity index (χ4n) is 3.01. The number of hydrogen-bond acceptors (Lipinski definition) is 5. The number of benzene rings is 1. The van der Waals surface area contributed by atoms with Gasteiger partial charge in [0.15, 0.2) is 17.6 Å². The highest BCUT2D eigenvalue weighted by Crippen LogP contribution is 2.30. The molecule has 3 rings (SSSR count). The van der Waals surface area contributed by atoms with Crippen LogP contribution in [-0.4, -0.2) is 81.5 Å². The lowest BCUT2D eigenvalue weighted by Crippen LogP contribution is -2.55. The number of aliphatic hydroxyl groups is 1. The Morgan fingerprint density at radius 3 is 2.78 bits per heavy atom. The highest BCUT2D eigenvalue weighted by molar-refractivity contribution is 5.40. The Kier molecular flexibility index (Phi) is 5.38. The molecule has 0 aliphatic carbocycles. The monoisotopic (exact) mass is 324 g/mol. The third-order valence-corrected chi connectivity index (χ3v) is 4.38. The van der Waals surface area contributed by atoms with Gasteiger partial charge >= 0.3 is 0 Å². The van der Waals surface area contributed by atoms with E-state index in [1.54, 1.807) is 0 Å². The third-order valence-electron chi connectivity index (χ3n) is 4.38. The first kappa shape index (κ1) is 16.5. The number of fused-ring (bicyclic) bond motifs is 1. The van der Waals surface area contributed by atoms with Gasteiger partial charge < -0.3 is 28.5 Å². The maximum Gasteiger partial charge on any atom is 0.161 e. The molecule has 128 valence electrons. The number of hydrogen-bond donors (Lipinski definition) is 1. The molecular weight excluding hydrogens is 298 g/mol. The zero-order chi connectivity index (χ0) is 16.1. The zero-order valence-corrected chi connectivity index (χ0v) is 13.6.